The molecule has 7 heteroatoms. The molecule has 0 aliphatic heterocycles. The van der Waals surface area contributed by atoms with Gasteiger partial charge >= 0.3 is 0 Å². The van der Waals surface area contributed by atoms with E-state index in [1.807, 2.05) is 0 Å². The van der Waals surface area contributed by atoms with Gasteiger partial charge in [-0.2, -0.15) is 0 Å². The van der Waals surface area contributed by atoms with Gasteiger partial charge in [0.25, 0.3) is 0 Å². The van der Waals surface area contributed by atoms with Crippen molar-refractivity contribution in [3.05, 3.63) is 106 Å². The molecular weight excluding hydrogens is 367 g/mol. The summed E-state index contributed by atoms with van der Waals surface area (Å²) in [6, 6.07) is 7.88. The Morgan fingerprint density at radius 2 is 1.00 bits per heavy atom. The smallest absolute Gasteiger partial charge is 0.201 e. The topological polar surface area (TPSA) is 34.1 Å². The van der Waals surface area contributed by atoms with E-state index in [2.05, 4.69) is 0 Å². The Hall–Kier alpha value is -3.35. The van der Waals surface area contributed by atoms with Crippen molar-refractivity contribution in [2.45, 2.75) is 0 Å². The number of hydrogen-bond acceptors (Lipinski definition) is 2. The maximum Gasteiger partial charge on any atom is 0.201 e. The molecule has 0 bridgehead atoms. The van der Waals surface area contributed by atoms with Crippen molar-refractivity contribution in [3.63, 3.8) is 0 Å². The zero-order valence-electron chi connectivity index (χ0n) is 13.4. The molecule has 3 rings (SSSR count). The van der Waals surface area contributed by atoms with Crippen LogP contribution in [0.5, 0.6) is 0 Å². The fourth-order valence-corrected chi connectivity index (χ4v) is 2.55. The first kappa shape index (κ1) is 18.4. The first-order valence-electron chi connectivity index (χ1n) is 7.58. The van der Waals surface area contributed by atoms with Gasteiger partial charge in [0.1, 0.15) is 29.1 Å². The molecule has 0 atom stereocenters. The summed E-state index contributed by atoms with van der Waals surface area (Å²) >= 11 is 0. The third-order valence-electron chi connectivity index (χ3n) is 3.86. The molecule has 0 fully saturated rings. The minimum atomic E-state index is -1.26. The summed E-state index contributed by atoms with van der Waals surface area (Å²) in [5, 5.41) is 0. The molecule has 0 radical (unpaired) electrons. The van der Waals surface area contributed by atoms with Crippen LogP contribution in [0.2, 0.25) is 0 Å². The molecule has 0 heterocycles. The molecule has 0 unspecified atom stereocenters. The van der Waals surface area contributed by atoms with Gasteiger partial charge in [-0.05, 0) is 36.4 Å². The summed E-state index contributed by atoms with van der Waals surface area (Å²) in [7, 11) is 0. The van der Waals surface area contributed by atoms with Crippen LogP contribution in [0.3, 0.4) is 0 Å². The number of ketones is 2. The molecule has 0 spiro atoms. The van der Waals surface area contributed by atoms with Crippen LogP contribution in [-0.2, 0) is 0 Å². The van der Waals surface area contributed by atoms with Crippen LogP contribution in [0.4, 0.5) is 22.0 Å². The van der Waals surface area contributed by atoms with Gasteiger partial charge < -0.3 is 0 Å². The minimum Gasteiger partial charge on any atom is -0.288 e. The monoisotopic (exact) mass is 376 g/mol. The number of carbonyl (C=O) groups is 2. The molecule has 0 amide bonds. The quantitative estimate of drug-likeness (QED) is 0.482. The highest BCUT2D eigenvalue weighted by Crippen LogP contribution is 2.22. The Balaban J connectivity index is 2.02. The average Bonchev–Trinajstić information content (AvgIpc) is 2.61. The molecule has 3 aromatic rings. The predicted octanol–water partition coefficient (Wildman–Crippen LogP) is 4.84. The standard InChI is InChI=1S/C20H9F5O2/c21-12-3-1-4-13(22)17(12)19(26)10-7-8-11(16(25)9-10)20(27)18-14(23)5-2-6-15(18)24/h1-9H. The van der Waals surface area contributed by atoms with Crippen molar-refractivity contribution in [2.75, 3.05) is 0 Å². The third kappa shape index (κ3) is 3.36. The first-order chi connectivity index (χ1) is 12.8. The van der Waals surface area contributed by atoms with Crippen LogP contribution in [0, 0.1) is 29.1 Å². The molecule has 136 valence electrons. The molecule has 0 aromatic heterocycles. The molecule has 27 heavy (non-hydrogen) atoms. The van der Waals surface area contributed by atoms with Crippen molar-refractivity contribution >= 4 is 11.6 Å². The summed E-state index contributed by atoms with van der Waals surface area (Å²) in [6.45, 7) is 0. The van der Waals surface area contributed by atoms with Gasteiger partial charge in [-0.15, -0.1) is 0 Å². The second-order valence-electron chi connectivity index (χ2n) is 5.55. The zero-order valence-corrected chi connectivity index (χ0v) is 13.4. The van der Waals surface area contributed by atoms with E-state index < -0.39 is 62.9 Å². The van der Waals surface area contributed by atoms with Crippen LogP contribution in [0.1, 0.15) is 31.8 Å². The average molecular weight is 376 g/mol. The number of benzene rings is 3. The van der Waals surface area contributed by atoms with E-state index in [-0.39, 0.29) is 0 Å². The SMILES string of the molecule is O=C(c1ccc(C(=O)c2c(F)cccc2F)c(F)c1)c1c(F)cccc1F. The van der Waals surface area contributed by atoms with E-state index in [1.165, 1.54) is 0 Å². The summed E-state index contributed by atoms with van der Waals surface area (Å²) in [5.41, 5.74) is -2.95. The Morgan fingerprint density at radius 3 is 1.44 bits per heavy atom. The van der Waals surface area contributed by atoms with Crippen LogP contribution < -0.4 is 0 Å². The van der Waals surface area contributed by atoms with Gasteiger partial charge in [-0.3, -0.25) is 9.59 Å². The summed E-state index contributed by atoms with van der Waals surface area (Å²) in [6.07, 6.45) is 0. The Morgan fingerprint density at radius 1 is 0.556 bits per heavy atom. The van der Waals surface area contributed by atoms with E-state index in [4.69, 9.17) is 0 Å². The van der Waals surface area contributed by atoms with E-state index >= 15 is 0 Å². The third-order valence-corrected chi connectivity index (χ3v) is 3.86. The molecule has 0 N–H and O–H groups in total. The number of carbonyl (C=O) groups excluding carboxylic acids is 2. The van der Waals surface area contributed by atoms with Crippen LogP contribution in [-0.4, -0.2) is 11.6 Å². The molecule has 2 nitrogen and oxygen atoms in total. The Bertz CT molecular complexity index is 1040. The lowest BCUT2D eigenvalue weighted by atomic mass is 9.97. The Labute approximate surface area is 149 Å². The lowest BCUT2D eigenvalue weighted by Crippen LogP contribution is -2.12. The summed E-state index contributed by atoms with van der Waals surface area (Å²) in [4.78, 5) is 24.5. The molecular formula is C20H9F5O2. The lowest BCUT2D eigenvalue weighted by molar-refractivity contribution is 0.101. The number of halogens is 5. The zero-order chi connectivity index (χ0) is 19.7. The molecule has 0 aliphatic carbocycles. The van der Waals surface area contributed by atoms with Gasteiger partial charge in [0, 0.05) is 5.56 Å². The van der Waals surface area contributed by atoms with Gasteiger partial charge in [0.15, 0.2) is 5.78 Å². The summed E-state index contributed by atoms with van der Waals surface area (Å²) < 4.78 is 69.2. The fraction of sp³-hybridized carbons (Fsp3) is 0. The Kier molecular flexibility index (Phi) is 4.85. The maximum atomic E-state index is 14.3. The normalized spacial score (nSPS) is 10.7. The lowest BCUT2D eigenvalue weighted by Gasteiger charge is -2.08. The van der Waals surface area contributed by atoms with Crippen LogP contribution in [0.15, 0.2) is 54.6 Å². The minimum absolute atomic E-state index is 0.429. The second kappa shape index (κ2) is 7.11. The van der Waals surface area contributed by atoms with Crippen molar-refractivity contribution in [1.29, 1.82) is 0 Å². The first-order valence-corrected chi connectivity index (χ1v) is 7.58. The van der Waals surface area contributed by atoms with Crippen molar-refractivity contribution in [3.8, 4) is 0 Å². The maximum absolute atomic E-state index is 14.3. The summed E-state index contributed by atoms with van der Waals surface area (Å²) in [5.74, 6) is -8.27. The molecule has 0 aliphatic rings. The van der Waals surface area contributed by atoms with E-state index in [0.29, 0.717) is 6.07 Å². The van der Waals surface area contributed by atoms with Gasteiger partial charge in [0.05, 0.1) is 16.7 Å². The van der Waals surface area contributed by atoms with Crippen LogP contribution in [0.25, 0.3) is 0 Å². The van der Waals surface area contributed by atoms with Gasteiger partial charge in [-0.1, -0.05) is 18.2 Å². The highest BCUT2D eigenvalue weighted by Gasteiger charge is 2.24. The predicted molar refractivity (Wildman–Crippen MR) is 86.0 cm³/mol. The van der Waals surface area contributed by atoms with Crippen molar-refractivity contribution < 1.29 is 31.5 Å². The highest BCUT2D eigenvalue weighted by molar-refractivity contribution is 6.12. The van der Waals surface area contributed by atoms with E-state index in [9.17, 15) is 31.5 Å². The van der Waals surface area contributed by atoms with Gasteiger partial charge in [-0.25, -0.2) is 22.0 Å². The van der Waals surface area contributed by atoms with Gasteiger partial charge in [0.2, 0.25) is 5.78 Å². The molecule has 3 aromatic carbocycles. The number of rotatable bonds is 4. The number of hydrogen-bond donors (Lipinski definition) is 0. The fourth-order valence-electron chi connectivity index (χ4n) is 2.55. The largest absolute Gasteiger partial charge is 0.288 e. The molecule has 0 saturated heterocycles. The van der Waals surface area contributed by atoms with Crippen LogP contribution >= 0.6 is 0 Å². The van der Waals surface area contributed by atoms with E-state index in [0.717, 1.165) is 48.5 Å². The van der Waals surface area contributed by atoms with E-state index in [1.54, 1.807) is 0 Å². The van der Waals surface area contributed by atoms with Crippen molar-refractivity contribution in [2.24, 2.45) is 0 Å². The van der Waals surface area contributed by atoms with Crippen molar-refractivity contribution in [1.82, 2.24) is 0 Å². The highest BCUT2D eigenvalue weighted by atomic mass is 19.1. The second-order valence-corrected chi connectivity index (χ2v) is 5.55. The molecule has 0 saturated carbocycles.